The quantitative estimate of drug-likeness (QED) is 0.426. The van der Waals surface area contributed by atoms with E-state index in [1.807, 2.05) is 6.07 Å². The number of benzene rings is 3. The molecule has 34 heavy (non-hydrogen) atoms. The van der Waals surface area contributed by atoms with E-state index in [0.29, 0.717) is 21.3 Å². The van der Waals surface area contributed by atoms with Crippen LogP contribution in [0.2, 0.25) is 10.0 Å². The predicted molar refractivity (Wildman–Crippen MR) is 128 cm³/mol. The summed E-state index contributed by atoms with van der Waals surface area (Å²) in [7, 11) is 1.28. The second kappa shape index (κ2) is 8.55. The summed E-state index contributed by atoms with van der Waals surface area (Å²) in [6.45, 7) is 0. The van der Waals surface area contributed by atoms with E-state index in [-0.39, 0.29) is 0 Å². The lowest BCUT2D eigenvalue weighted by Gasteiger charge is -2.33. The summed E-state index contributed by atoms with van der Waals surface area (Å²) in [6.07, 6.45) is 0. The summed E-state index contributed by atoms with van der Waals surface area (Å²) in [4.78, 5) is 42.3. The highest BCUT2D eigenvalue weighted by atomic mass is 35.5. The van der Waals surface area contributed by atoms with Gasteiger partial charge in [0.15, 0.2) is 5.54 Å². The van der Waals surface area contributed by atoms with Gasteiger partial charge in [-0.2, -0.15) is 0 Å². The van der Waals surface area contributed by atoms with Gasteiger partial charge in [0, 0.05) is 16.1 Å². The Morgan fingerprint density at radius 2 is 1.47 bits per heavy atom. The molecule has 0 aromatic heterocycles. The molecule has 0 radical (unpaired) electrons. The molecule has 2 saturated heterocycles. The number of hydrogen-bond acceptors (Lipinski definition) is 5. The Morgan fingerprint density at radius 1 is 0.882 bits per heavy atom. The Kier molecular flexibility index (Phi) is 5.68. The topological polar surface area (TPSA) is 75.7 Å². The fraction of sp³-hybridized carbons (Fsp3) is 0.192. The minimum atomic E-state index is -1.56. The highest BCUT2D eigenvalue weighted by Gasteiger charge is 2.69. The number of nitrogens with one attached hydrogen (secondary N) is 1. The molecule has 5 rings (SSSR count). The van der Waals surface area contributed by atoms with Crippen LogP contribution in [-0.2, 0) is 24.7 Å². The molecule has 0 bridgehead atoms. The van der Waals surface area contributed by atoms with Gasteiger partial charge in [-0.25, -0.2) is 9.69 Å². The van der Waals surface area contributed by atoms with Crippen molar-refractivity contribution in [2.24, 2.45) is 11.8 Å². The summed E-state index contributed by atoms with van der Waals surface area (Å²) in [6, 6.07) is 21.7. The van der Waals surface area contributed by atoms with Gasteiger partial charge in [-0.05, 0) is 47.5 Å². The van der Waals surface area contributed by atoms with Crippen LogP contribution in [0.1, 0.15) is 17.2 Å². The molecule has 6 nitrogen and oxygen atoms in total. The molecule has 8 heteroatoms. The van der Waals surface area contributed by atoms with Crippen molar-refractivity contribution < 1.29 is 19.1 Å². The largest absolute Gasteiger partial charge is 0.467 e. The van der Waals surface area contributed by atoms with Gasteiger partial charge in [0.05, 0.1) is 24.6 Å². The highest BCUT2D eigenvalue weighted by molar-refractivity contribution is 6.31. The number of hydrogen-bond donors (Lipinski definition) is 1. The van der Waals surface area contributed by atoms with Crippen LogP contribution >= 0.6 is 23.2 Å². The van der Waals surface area contributed by atoms with E-state index in [1.165, 1.54) is 7.11 Å². The first kappa shape index (κ1) is 22.6. The monoisotopic (exact) mass is 494 g/mol. The molecule has 0 spiro atoms. The average Bonchev–Trinajstić information content (AvgIpc) is 3.35. The number of imide groups is 1. The lowest BCUT2D eigenvalue weighted by atomic mass is 9.75. The molecule has 2 aliphatic heterocycles. The van der Waals surface area contributed by atoms with Crippen LogP contribution < -0.4 is 10.2 Å². The minimum absolute atomic E-state index is 0.397. The summed E-state index contributed by atoms with van der Waals surface area (Å²) in [5.41, 5.74) is 0.127. The molecule has 2 aliphatic rings. The molecule has 2 heterocycles. The Balaban J connectivity index is 1.72. The zero-order chi connectivity index (χ0) is 24.0. The molecule has 0 saturated carbocycles. The van der Waals surface area contributed by atoms with Gasteiger partial charge in [-0.15, -0.1) is 0 Å². The number of carbonyl (C=O) groups is 3. The third-order valence-electron chi connectivity index (χ3n) is 6.61. The van der Waals surface area contributed by atoms with E-state index >= 15 is 0 Å². The average molecular weight is 495 g/mol. The number of ether oxygens (including phenoxy) is 1. The molecular formula is C26H20Cl2N2O4. The molecule has 2 amide bonds. The van der Waals surface area contributed by atoms with Crippen LogP contribution in [0.5, 0.6) is 0 Å². The summed E-state index contributed by atoms with van der Waals surface area (Å²) in [5.74, 6) is -3.37. The van der Waals surface area contributed by atoms with Crippen LogP contribution in [0.3, 0.4) is 0 Å². The fourth-order valence-corrected chi connectivity index (χ4v) is 5.39. The molecule has 2 fully saturated rings. The van der Waals surface area contributed by atoms with Crippen molar-refractivity contribution in [1.82, 2.24) is 5.32 Å². The van der Waals surface area contributed by atoms with Gasteiger partial charge >= 0.3 is 5.97 Å². The molecule has 3 aromatic rings. The molecule has 4 atom stereocenters. The fourth-order valence-electron chi connectivity index (χ4n) is 5.14. The van der Waals surface area contributed by atoms with Crippen molar-refractivity contribution in [3.63, 3.8) is 0 Å². The molecule has 0 unspecified atom stereocenters. The smallest absolute Gasteiger partial charge is 0.331 e. The van der Waals surface area contributed by atoms with E-state index in [9.17, 15) is 14.4 Å². The van der Waals surface area contributed by atoms with E-state index in [1.54, 1.807) is 72.8 Å². The summed E-state index contributed by atoms with van der Waals surface area (Å²) < 4.78 is 5.22. The first-order chi connectivity index (χ1) is 16.4. The summed E-state index contributed by atoms with van der Waals surface area (Å²) in [5, 5.41) is 4.37. The van der Waals surface area contributed by atoms with Crippen LogP contribution in [0, 0.1) is 11.8 Å². The first-order valence-corrected chi connectivity index (χ1v) is 11.4. The van der Waals surface area contributed by atoms with E-state index in [4.69, 9.17) is 27.9 Å². The second-order valence-corrected chi connectivity index (χ2v) is 9.20. The number of anilines is 1. The van der Waals surface area contributed by atoms with Crippen LogP contribution in [0.25, 0.3) is 0 Å². The Hall–Kier alpha value is -3.19. The minimum Gasteiger partial charge on any atom is -0.467 e. The third kappa shape index (κ3) is 3.33. The number of rotatable bonds is 4. The van der Waals surface area contributed by atoms with Crippen molar-refractivity contribution in [3.05, 3.63) is 100 Å². The van der Waals surface area contributed by atoms with Crippen LogP contribution in [0.15, 0.2) is 78.9 Å². The number of carbonyl (C=O) groups excluding carboxylic acids is 3. The van der Waals surface area contributed by atoms with Crippen molar-refractivity contribution in [2.75, 3.05) is 12.0 Å². The number of methoxy groups -OCH3 is 1. The Bertz CT molecular complexity index is 1260. The lowest BCUT2D eigenvalue weighted by molar-refractivity contribution is -0.152. The van der Waals surface area contributed by atoms with Gasteiger partial charge in [0.2, 0.25) is 11.8 Å². The van der Waals surface area contributed by atoms with Crippen molar-refractivity contribution in [1.29, 1.82) is 0 Å². The normalized spacial score (nSPS) is 26.0. The van der Waals surface area contributed by atoms with E-state index < -0.39 is 41.2 Å². The number of amides is 2. The van der Waals surface area contributed by atoms with Crippen LogP contribution in [-0.4, -0.2) is 24.9 Å². The lowest BCUT2D eigenvalue weighted by Crippen LogP contribution is -2.53. The van der Waals surface area contributed by atoms with Crippen molar-refractivity contribution >= 4 is 46.7 Å². The second-order valence-electron chi connectivity index (χ2n) is 8.33. The maximum atomic E-state index is 13.9. The zero-order valence-electron chi connectivity index (χ0n) is 18.1. The Labute approximate surface area is 206 Å². The molecule has 0 aliphatic carbocycles. The van der Waals surface area contributed by atoms with Gasteiger partial charge < -0.3 is 4.74 Å². The number of halogens is 2. The maximum absolute atomic E-state index is 13.9. The number of fused-ring (bicyclic) bond motifs is 1. The third-order valence-corrected chi connectivity index (χ3v) is 7.11. The van der Waals surface area contributed by atoms with Gasteiger partial charge in [0.25, 0.3) is 0 Å². The first-order valence-electron chi connectivity index (χ1n) is 10.7. The maximum Gasteiger partial charge on any atom is 0.331 e. The molecule has 1 N–H and O–H groups in total. The van der Waals surface area contributed by atoms with Gasteiger partial charge in [-0.1, -0.05) is 65.7 Å². The molecular weight excluding hydrogens is 475 g/mol. The molecule has 172 valence electrons. The number of nitrogens with zero attached hydrogens (tertiary/aromatic N) is 1. The number of esters is 1. The van der Waals surface area contributed by atoms with Crippen molar-refractivity contribution in [3.8, 4) is 0 Å². The van der Waals surface area contributed by atoms with Gasteiger partial charge in [-0.3, -0.25) is 14.9 Å². The van der Waals surface area contributed by atoms with E-state index in [0.717, 1.165) is 10.5 Å². The molecule has 3 aromatic carbocycles. The highest BCUT2D eigenvalue weighted by Crippen LogP contribution is 2.54. The van der Waals surface area contributed by atoms with Crippen molar-refractivity contribution in [2.45, 2.75) is 11.6 Å². The Morgan fingerprint density at radius 3 is 2.06 bits per heavy atom. The van der Waals surface area contributed by atoms with E-state index in [2.05, 4.69) is 5.32 Å². The standard InChI is InChI=1S/C26H20Cl2N2O4/c1-34-25(33)26(16-5-3-2-4-6-16)21-20(22(29-26)15-7-9-17(27)10-8-15)23(31)30(24(21)32)19-13-11-18(28)12-14-19/h2-14,20-22,29H,1H3/t20-,21+,22-,26-/m1/s1. The predicted octanol–water partition coefficient (Wildman–Crippen LogP) is 4.51. The summed E-state index contributed by atoms with van der Waals surface area (Å²) >= 11 is 12.1. The van der Waals surface area contributed by atoms with Crippen LogP contribution in [0.4, 0.5) is 5.69 Å². The van der Waals surface area contributed by atoms with Gasteiger partial charge in [0.1, 0.15) is 0 Å². The zero-order valence-corrected chi connectivity index (χ0v) is 19.6. The SMILES string of the molecule is COC(=O)[C@]1(c2ccccc2)N[C@H](c2ccc(Cl)cc2)[C@@H]2C(=O)N(c3ccc(Cl)cc3)C(=O)[C@H]21.